The second kappa shape index (κ2) is 9.34. The van der Waals surface area contributed by atoms with E-state index in [4.69, 9.17) is 0 Å². The molecule has 3 heterocycles. The largest absolute Gasteiger partial charge is 0.573 e. The van der Waals surface area contributed by atoms with Crippen molar-refractivity contribution in [1.82, 2.24) is 19.9 Å². The molecule has 2 aromatic heterocycles. The average molecular weight is 478 g/mol. The van der Waals surface area contributed by atoms with E-state index in [-0.39, 0.29) is 11.3 Å². The highest BCUT2D eigenvalue weighted by Crippen LogP contribution is 2.27. The number of pyridine rings is 1. The Labute approximate surface area is 199 Å². The molecule has 1 N–H and O–H groups in total. The molecule has 6 nitrogen and oxygen atoms in total. The molecule has 0 fully saturated rings. The van der Waals surface area contributed by atoms with E-state index in [1.54, 1.807) is 18.3 Å². The van der Waals surface area contributed by atoms with Crippen molar-refractivity contribution in [2.75, 3.05) is 6.54 Å². The summed E-state index contributed by atoms with van der Waals surface area (Å²) >= 11 is 0. The van der Waals surface area contributed by atoms with E-state index in [1.165, 1.54) is 18.2 Å². The summed E-state index contributed by atoms with van der Waals surface area (Å²) in [7, 11) is 0. The van der Waals surface area contributed by atoms with Gasteiger partial charge in [-0.15, -0.1) is 13.2 Å². The van der Waals surface area contributed by atoms with Crippen LogP contribution in [0.1, 0.15) is 16.8 Å². The molecule has 35 heavy (non-hydrogen) atoms. The van der Waals surface area contributed by atoms with Gasteiger partial charge in [-0.05, 0) is 23.8 Å². The molecule has 0 radical (unpaired) electrons. The van der Waals surface area contributed by atoms with Crippen molar-refractivity contribution in [3.05, 3.63) is 100 Å². The summed E-state index contributed by atoms with van der Waals surface area (Å²) in [6.45, 7) is 1.81. The van der Waals surface area contributed by atoms with Crippen molar-refractivity contribution < 1.29 is 17.9 Å². The number of hydrogen-bond donors (Lipinski definition) is 1. The van der Waals surface area contributed by atoms with Gasteiger partial charge in [0.25, 0.3) is 5.56 Å². The van der Waals surface area contributed by atoms with Crippen LogP contribution < -0.4 is 10.3 Å². The molecule has 0 aliphatic carbocycles. The van der Waals surface area contributed by atoms with Gasteiger partial charge in [-0.2, -0.15) is 0 Å². The molecule has 0 spiro atoms. The number of rotatable bonds is 5. The van der Waals surface area contributed by atoms with Crippen LogP contribution in [0, 0.1) is 0 Å². The van der Waals surface area contributed by atoms with E-state index in [2.05, 4.69) is 24.6 Å². The van der Waals surface area contributed by atoms with E-state index in [0.717, 1.165) is 23.4 Å². The predicted molar refractivity (Wildman–Crippen MR) is 124 cm³/mol. The monoisotopic (exact) mass is 478 g/mol. The van der Waals surface area contributed by atoms with Crippen LogP contribution in [0.15, 0.2) is 77.7 Å². The maximum atomic E-state index is 12.8. The van der Waals surface area contributed by atoms with E-state index in [1.807, 2.05) is 36.4 Å². The second-order valence-corrected chi connectivity index (χ2v) is 8.29. The Kier molecular flexibility index (Phi) is 6.08. The third kappa shape index (κ3) is 5.41. The number of H-pyrrole nitrogens is 1. The maximum absolute atomic E-state index is 12.8. The smallest absolute Gasteiger partial charge is 0.406 e. The van der Waals surface area contributed by atoms with Gasteiger partial charge < -0.3 is 9.72 Å². The van der Waals surface area contributed by atoms with Gasteiger partial charge in [0.2, 0.25) is 0 Å². The Morgan fingerprint density at radius 3 is 2.54 bits per heavy atom. The van der Waals surface area contributed by atoms with E-state index < -0.39 is 6.36 Å². The number of halogens is 3. The van der Waals surface area contributed by atoms with Crippen molar-refractivity contribution in [3.63, 3.8) is 0 Å². The standard InChI is InChI=1S/C26H21F3N4O2/c27-26(28,29)35-20-8-4-7-19(13-20)22-10-9-17(14-30-22)15-33-12-11-23-21(16-33)25(34)32-24(31-23)18-5-2-1-3-6-18/h1-10,13-14H,11-12,15-16H2,(H,31,32,34). The number of fused-ring (bicyclic) bond motifs is 1. The lowest BCUT2D eigenvalue weighted by atomic mass is 10.1. The summed E-state index contributed by atoms with van der Waals surface area (Å²) in [5.41, 5.74) is 4.23. The van der Waals surface area contributed by atoms with Crippen molar-refractivity contribution in [3.8, 4) is 28.4 Å². The van der Waals surface area contributed by atoms with Crippen molar-refractivity contribution in [2.24, 2.45) is 0 Å². The lowest BCUT2D eigenvalue weighted by molar-refractivity contribution is -0.274. The average Bonchev–Trinajstić information content (AvgIpc) is 2.84. The molecule has 0 unspecified atom stereocenters. The highest BCUT2D eigenvalue weighted by atomic mass is 19.4. The molecule has 5 rings (SSSR count). The van der Waals surface area contributed by atoms with Gasteiger partial charge in [-0.25, -0.2) is 4.98 Å². The molecule has 0 amide bonds. The topological polar surface area (TPSA) is 71.1 Å². The number of nitrogens with one attached hydrogen (secondary N) is 1. The fraction of sp³-hybridized carbons (Fsp3) is 0.192. The zero-order chi connectivity index (χ0) is 24.4. The van der Waals surface area contributed by atoms with Crippen LogP contribution in [0.25, 0.3) is 22.6 Å². The molecule has 0 saturated carbocycles. The molecule has 0 saturated heterocycles. The predicted octanol–water partition coefficient (Wildman–Crippen LogP) is 4.96. The normalized spacial score (nSPS) is 13.9. The number of hydrogen-bond acceptors (Lipinski definition) is 5. The summed E-state index contributed by atoms with van der Waals surface area (Å²) in [6.07, 6.45) is -2.39. The first-order chi connectivity index (χ1) is 16.8. The highest BCUT2D eigenvalue weighted by molar-refractivity contribution is 5.61. The number of benzene rings is 2. The van der Waals surface area contributed by atoms with Crippen LogP contribution in [0.5, 0.6) is 5.75 Å². The Bertz CT molecular complexity index is 1390. The van der Waals surface area contributed by atoms with Crippen molar-refractivity contribution in [2.45, 2.75) is 25.9 Å². The lowest BCUT2D eigenvalue weighted by Gasteiger charge is -2.27. The fourth-order valence-electron chi connectivity index (χ4n) is 4.15. The third-order valence-corrected chi connectivity index (χ3v) is 5.79. The van der Waals surface area contributed by atoms with Gasteiger partial charge in [-0.1, -0.05) is 48.5 Å². The molecule has 2 aromatic carbocycles. The van der Waals surface area contributed by atoms with Gasteiger partial charge >= 0.3 is 6.36 Å². The molecular formula is C26H21F3N4O2. The first-order valence-electron chi connectivity index (χ1n) is 11.0. The van der Waals surface area contributed by atoms with Crippen LogP contribution in [-0.2, 0) is 19.5 Å². The van der Waals surface area contributed by atoms with Gasteiger partial charge in [0.15, 0.2) is 0 Å². The lowest BCUT2D eigenvalue weighted by Crippen LogP contribution is -2.35. The quantitative estimate of drug-likeness (QED) is 0.439. The Morgan fingerprint density at radius 2 is 1.80 bits per heavy atom. The summed E-state index contributed by atoms with van der Waals surface area (Å²) < 4.78 is 41.5. The molecule has 9 heteroatoms. The number of alkyl halides is 3. The number of nitrogens with zero attached hydrogens (tertiary/aromatic N) is 3. The molecule has 4 aromatic rings. The van der Waals surface area contributed by atoms with Crippen LogP contribution in [-0.4, -0.2) is 32.8 Å². The number of ether oxygens (including phenoxy) is 1. The van der Waals surface area contributed by atoms with Crippen LogP contribution in [0.4, 0.5) is 13.2 Å². The first-order valence-corrected chi connectivity index (χ1v) is 11.0. The van der Waals surface area contributed by atoms with Crippen molar-refractivity contribution in [1.29, 1.82) is 0 Å². The zero-order valence-electron chi connectivity index (χ0n) is 18.5. The van der Waals surface area contributed by atoms with Crippen LogP contribution in [0.2, 0.25) is 0 Å². The van der Waals surface area contributed by atoms with Gasteiger partial charge in [0, 0.05) is 43.4 Å². The summed E-state index contributed by atoms with van der Waals surface area (Å²) in [5.74, 6) is 0.286. The molecule has 1 aliphatic heterocycles. The second-order valence-electron chi connectivity index (χ2n) is 8.29. The third-order valence-electron chi connectivity index (χ3n) is 5.79. The summed E-state index contributed by atoms with van der Waals surface area (Å²) in [6, 6.07) is 18.9. The van der Waals surface area contributed by atoms with Gasteiger partial charge in [0.05, 0.1) is 17.0 Å². The SMILES string of the molecule is O=c1[nH]c(-c2ccccc2)nc2c1CN(Cc1ccc(-c3cccc(OC(F)(F)F)c3)nc1)CC2. The molecular weight excluding hydrogens is 457 g/mol. The molecule has 1 aliphatic rings. The highest BCUT2D eigenvalue weighted by Gasteiger charge is 2.31. The Balaban J connectivity index is 1.28. The first kappa shape index (κ1) is 22.8. The van der Waals surface area contributed by atoms with Gasteiger partial charge in [0.1, 0.15) is 11.6 Å². The summed E-state index contributed by atoms with van der Waals surface area (Å²) in [4.78, 5) is 26.9. The number of aromatic amines is 1. The minimum absolute atomic E-state index is 0.131. The Hall–Kier alpha value is -3.98. The van der Waals surface area contributed by atoms with Crippen LogP contribution in [0.3, 0.4) is 0 Å². The fourth-order valence-corrected chi connectivity index (χ4v) is 4.15. The zero-order valence-corrected chi connectivity index (χ0v) is 18.5. The Morgan fingerprint density at radius 1 is 1.00 bits per heavy atom. The van der Waals surface area contributed by atoms with E-state index in [9.17, 15) is 18.0 Å². The van der Waals surface area contributed by atoms with Gasteiger partial charge in [-0.3, -0.25) is 14.7 Å². The van der Waals surface area contributed by atoms with Crippen molar-refractivity contribution >= 4 is 0 Å². The molecule has 178 valence electrons. The summed E-state index contributed by atoms with van der Waals surface area (Å²) in [5, 5.41) is 0. The molecule has 0 atom stereocenters. The molecule has 0 bridgehead atoms. The minimum atomic E-state index is -4.75. The maximum Gasteiger partial charge on any atom is 0.573 e. The minimum Gasteiger partial charge on any atom is -0.406 e. The van der Waals surface area contributed by atoms with Crippen LogP contribution >= 0.6 is 0 Å². The number of aromatic nitrogens is 3. The van der Waals surface area contributed by atoms with E-state index in [0.29, 0.717) is 42.2 Å². The van der Waals surface area contributed by atoms with E-state index >= 15 is 0 Å².